The number of hydrogen-bond acceptors (Lipinski definition) is 5. The zero-order chi connectivity index (χ0) is 16.9. The van der Waals surface area contributed by atoms with Crippen LogP contribution in [0.15, 0.2) is 56.9 Å². The number of nitrogens with one attached hydrogen (secondary N) is 1. The molecule has 6 nitrogen and oxygen atoms in total. The van der Waals surface area contributed by atoms with Gasteiger partial charge in [0.1, 0.15) is 0 Å². The van der Waals surface area contributed by atoms with E-state index in [1.165, 1.54) is 24.4 Å². The maximum absolute atomic E-state index is 12.1. The van der Waals surface area contributed by atoms with E-state index in [1.54, 1.807) is 31.2 Å². The first-order chi connectivity index (χ1) is 10.9. The summed E-state index contributed by atoms with van der Waals surface area (Å²) in [6.07, 6.45) is 1.33. The molecule has 23 heavy (non-hydrogen) atoms. The Morgan fingerprint density at radius 3 is 2.61 bits per heavy atom. The third kappa shape index (κ3) is 4.70. The molecule has 0 heterocycles. The highest BCUT2D eigenvalue weighted by molar-refractivity contribution is 9.10. The van der Waals surface area contributed by atoms with Gasteiger partial charge in [-0.2, -0.15) is 13.5 Å². The highest BCUT2D eigenvalue weighted by Gasteiger charge is 2.12. The fourth-order valence-corrected chi connectivity index (χ4v) is 2.77. The normalized spacial score (nSPS) is 11.6. The minimum Gasteiger partial charge on any atom is -0.504 e. The Labute approximate surface area is 143 Å². The van der Waals surface area contributed by atoms with Crippen LogP contribution in [0.5, 0.6) is 11.5 Å². The minimum absolute atomic E-state index is 0.0134. The number of nitrogens with zero attached hydrogens (tertiary/aromatic N) is 1. The summed E-state index contributed by atoms with van der Waals surface area (Å²) in [5.74, 6) is 0.326. The predicted octanol–water partition coefficient (Wildman–Crippen LogP) is 2.87. The summed E-state index contributed by atoms with van der Waals surface area (Å²) in [7, 11) is -3.73. The monoisotopic (exact) mass is 398 g/mol. The zero-order valence-corrected chi connectivity index (χ0v) is 14.6. The number of hydrogen-bond donors (Lipinski definition) is 2. The van der Waals surface area contributed by atoms with E-state index < -0.39 is 10.0 Å². The largest absolute Gasteiger partial charge is 0.504 e. The van der Waals surface area contributed by atoms with Gasteiger partial charge >= 0.3 is 0 Å². The third-order valence-electron chi connectivity index (χ3n) is 2.79. The Hall–Kier alpha value is -2.06. The number of phenolic OH excluding ortho intramolecular Hbond substituents is 1. The van der Waals surface area contributed by atoms with Crippen LogP contribution in [0.1, 0.15) is 12.5 Å². The van der Waals surface area contributed by atoms with Crippen LogP contribution in [0, 0.1) is 0 Å². The number of ether oxygens (including phenoxy) is 1. The summed E-state index contributed by atoms with van der Waals surface area (Å²) < 4.78 is 30.1. The van der Waals surface area contributed by atoms with Gasteiger partial charge in [0.25, 0.3) is 10.0 Å². The molecule has 8 heteroatoms. The van der Waals surface area contributed by atoms with E-state index in [-0.39, 0.29) is 10.6 Å². The summed E-state index contributed by atoms with van der Waals surface area (Å²) in [5, 5.41) is 13.3. The SMILES string of the molecule is CCOc1cc(/C=N\NS(=O)(=O)c2ccc(Br)cc2)ccc1O. The molecule has 0 spiro atoms. The molecule has 0 atom stereocenters. The fraction of sp³-hybridized carbons (Fsp3) is 0.133. The Morgan fingerprint density at radius 2 is 1.96 bits per heavy atom. The first-order valence-corrected chi connectivity index (χ1v) is 8.96. The first kappa shape index (κ1) is 17.3. The molecule has 2 aromatic rings. The van der Waals surface area contributed by atoms with Crippen LogP contribution in [0.2, 0.25) is 0 Å². The van der Waals surface area contributed by atoms with Gasteiger partial charge in [-0.05, 0) is 55.0 Å². The lowest BCUT2D eigenvalue weighted by atomic mass is 10.2. The zero-order valence-electron chi connectivity index (χ0n) is 12.2. The molecule has 0 aliphatic rings. The van der Waals surface area contributed by atoms with E-state index in [0.29, 0.717) is 17.9 Å². The molecule has 122 valence electrons. The highest BCUT2D eigenvalue weighted by atomic mass is 79.9. The minimum atomic E-state index is -3.73. The van der Waals surface area contributed by atoms with Gasteiger partial charge < -0.3 is 9.84 Å². The van der Waals surface area contributed by atoms with E-state index in [1.807, 2.05) is 0 Å². The standard InChI is InChI=1S/C15H15BrN2O4S/c1-2-22-15-9-11(3-8-14(15)19)10-17-18-23(20,21)13-6-4-12(16)5-7-13/h3-10,18-19H,2H2,1H3/b17-10-. The van der Waals surface area contributed by atoms with Crippen molar-refractivity contribution >= 4 is 32.2 Å². The Bertz CT molecular complexity index is 805. The first-order valence-electron chi connectivity index (χ1n) is 6.68. The molecule has 0 saturated heterocycles. The van der Waals surface area contributed by atoms with E-state index in [9.17, 15) is 13.5 Å². The van der Waals surface area contributed by atoms with Gasteiger partial charge in [-0.25, -0.2) is 4.83 Å². The summed E-state index contributed by atoms with van der Waals surface area (Å²) in [5.41, 5.74) is 0.588. The van der Waals surface area contributed by atoms with E-state index in [2.05, 4.69) is 25.9 Å². The van der Waals surface area contributed by atoms with Crippen LogP contribution >= 0.6 is 15.9 Å². The molecular weight excluding hydrogens is 384 g/mol. The van der Waals surface area contributed by atoms with Crippen LogP contribution in [0.25, 0.3) is 0 Å². The molecule has 0 aliphatic heterocycles. The third-order valence-corrected chi connectivity index (χ3v) is 4.56. The second-order valence-corrected chi connectivity index (χ2v) is 7.04. The molecule has 0 amide bonds. The number of hydrazone groups is 1. The number of benzene rings is 2. The molecule has 0 aliphatic carbocycles. The quantitative estimate of drug-likeness (QED) is 0.578. The maximum Gasteiger partial charge on any atom is 0.276 e. The number of rotatable bonds is 6. The van der Waals surface area contributed by atoms with Gasteiger partial charge in [-0.1, -0.05) is 15.9 Å². The fourth-order valence-electron chi connectivity index (χ4n) is 1.72. The van der Waals surface area contributed by atoms with Crippen molar-refractivity contribution in [3.8, 4) is 11.5 Å². The van der Waals surface area contributed by atoms with E-state index >= 15 is 0 Å². The van der Waals surface area contributed by atoms with Gasteiger partial charge in [-0.3, -0.25) is 0 Å². The summed E-state index contributed by atoms with van der Waals surface area (Å²) in [6.45, 7) is 2.21. The van der Waals surface area contributed by atoms with E-state index in [0.717, 1.165) is 4.47 Å². The average molecular weight is 399 g/mol. The summed E-state index contributed by atoms with van der Waals surface area (Å²) >= 11 is 3.24. The number of phenols is 1. The van der Waals surface area contributed by atoms with Crippen LogP contribution in [-0.4, -0.2) is 26.3 Å². The Balaban J connectivity index is 2.12. The van der Waals surface area contributed by atoms with Crippen molar-refractivity contribution in [3.63, 3.8) is 0 Å². The predicted molar refractivity (Wildman–Crippen MR) is 91.3 cm³/mol. The molecule has 0 aromatic heterocycles. The lowest BCUT2D eigenvalue weighted by Gasteiger charge is -2.06. The van der Waals surface area contributed by atoms with E-state index in [4.69, 9.17) is 4.74 Å². The molecule has 0 saturated carbocycles. The highest BCUT2D eigenvalue weighted by Crippen LogP contribution is 2.26. The smallest absolute Gasteiger partial charge is 0.276 e. The molecule has 0 bridgehead atoms. The Kier molecular flexibility index (Phi) is 5.62. The second kappa shape index (κ2) is 7.47. The number of halogens is 1. The number of sulfonamides is 1. The molecular formula is C15H15BrN2O4S. The topological polar surface area (TPSA) is 88.0 Å². The van der Waals surface area contributed by atoms with Crippen molar-refractivity contribution in [2.24, 2.45) is 5.10 Å². The van der Waals surface area contributed by atoms with Gasteiger partial charge in [0, 0.05) is 4.47 Å². The summed E-state index contributed by atoms with van der Waals surface area (Å²) in [6, 6.07) is 10.8. The summed E-state index contributed by atoms with van der Waals surface area (Å²) in [4.78, 5) is 2.24. The van der Waals surface area contributed by atoms with Crippen LogP contribution < -0.4 is 9.57 Å². The molecule has 2 aromatic carbocycles. The molecule has 2 N–H and O–H groups in total. The van der Waals surface area contributed by atoms with Crippen LogP contribution in [0.4, 0.5) is 0 Å². The van der Waals surface area contributed by atoms with Gasteiger partial charge in [0.2, 0.25) is 0 Å². The number of aromatic hydroxyl groups is 1. The average Bonchev–Trinajstić information content (AvgIpc) is 2.51. The lowest BCUT2D eigenvalue weighted by molar-refractivity contribution is 0.318. The maximum atomic E-state index is 12.1. The van der Waals surface area contributed by atoms with Crippen molar-refractivity contribution in [2.45, 2.75) is 11.8 Å². The van der Waals surface area contributed by atoms with Gasteiger partial charge in [0.15, 0.2) is 11.5 Å². The molecule has 0 fully saturated rings. The van der Waals surface area contributed by atoms with Crippen molar-refractivity contribution in [1.29, 1.82) is 0 Å². The lowest BCUT2D eigenvalue weighted by Crippen LogP contribution is -2.18. The second-order valence-electron chi connectivity index (χ2n) is 4.47. The van der Waals surface area contributed by atoms with Crippen molar-refractivity contribution < 1.29 is 18.3 Å². The van der Waals surface area contributed by atoms with Gasteiger partial charge in [0.05, 0.1) is 17.7 Å². The molecule has 2 rings (SSSR count). The molecule has 0 radical (unpaired) electrons. The Morgan fingerprint density at radius 1 is 1.26 bits per heavy atom. The van der Waals surface area contributed by atoms with Crippen LogP contribution in [-0.2, 0) is 10.0 Å². The van der Waals surface area contributed by atoms with Crippen molar-refractivity contribution in [3.05, 3.63) is 52.5 Å². The van der Waals surface area contributed by atoms with Crippen molar-refractivity contribution in [2.75, 3.05) is 6.61 Å². The van der Waals surface area contributed by atoms with Crippen LogP contribution in [0.3, 0.4) is 0 Å². The van der Waals surface area contributed by atoms with Crippen molar-refractivity contribution in [1.82, 2.24) is 4.83 Å². The van der Waals surface area contributed by atoms with Gasteiger partial charge in [-0.15, -0.1) is 0 Å². The molecule has 0 unspecified atom stereocenters.